The largest absolute Gasteiger partial charge is 0.329 e. The van der Waals surface area contributed by atoms with Gasteiger partial charge < -0.3 is 9.88 Å². The molecule has 2 heterocycles. The molecule has 1 aliphatic heterocycles. The number of nitrogens with zero attached hydrogens (tertiary/aromatic N) is 3. The Morgan fingerprint density at radius 2 is 1.92 bits per heavy atom. The Labute approximate surface area is 142 Å². The van der Waals surface area contributed by atoms with Crippen molar-refractivity contribution in [1.82, 2.24) is 14.8 Å². The van der Waals surface area contributed by atoms with Gasteiger partial charge in [0.05, 0.1) is 4.92 Å². The average molecular weight is 338 g/mol. The number of carbonyl (C=O) groups excluding carboxylic acids is 2. The van der Waals surface area contributed by atoms with Gasteiger partial charge in [-0.25, -0.2) is 4.79 Å². The summed E-state index contributed by atoms with van der Waals surface area (Å²) in [6.07, 6.45) is 4.79. The predicted molar refractivity (Wildman–Crippen MR) is 90.8 cm³/mol. The molecule has 0 atom stereocenters. The van der Waals surface area contributed by atoms with E-state index in [4.69, 9.17) is 0 Å². The Balaban J connectivity index is 1.92. The maximum Gasteiger partial charge on any atom is 0.329 e. The van der Waals surface area contributed by atoms with Gasteiger partial charge in [-0.2, -0.15) is 0 Å². The van der Waals surface area contributed by atoms with Crippen molar-refractivity contribution in [3.05, 3.63) is 76.8 Å². The predicted octanol–water partition coefficient (Wildman–Crippen LogP) is 2.46. The van der Waals surface area contributed by atoms with Gasteiger partial charge in [-0.3, -0.25) is 19.8 Å². The summed E-state index contributed by atoms with van der Waals surface area (Å²) in [4.78, 5) is 35.4. The summed E-state index contributed by atoms with van der Waals surface area (Å²) < 4.78 is 1.76. The molecular weight excluding hydrogens is 324 g/mol. The standard InChI is InChI=1S/C17H14N4O4/c1-2-9-20-16(22)15(18-17(20)23)11-14-4-3-10-19(14)12-5-7-13(8-6-12)21(24)25/h2-8,10-11H,1,9H2,(H,18,23)/b15-11+. The van der Waals surface area contributed by atoms with Crippen molar-refractivity contribution in [1.29, 1.82) is 0 Å². The third-order valence-corrected chi connectivity index (χ3v) is 3.69. The van der Waals surface area contributed by atoms with Crippen LogP contribution >= 0.6 is 0 Å². The van der Waals surface area contributed by atoms with E-state index in [2.05, 4.69) is 11.9 Å². The van der Waals surface area contributed by atoms with Gasteiger partial charge in [0.15, 0.2) is 0 Å². The van der Waals surface area contributed by atoms with Crippen LogP contribution in [0.25, 0.3) is 11.8 Å². The fourth-order valence-corrected chi connectivity index (χ4v) is 2.50. The number of aromatic nitrogens is 1. The minimum atomic E-state index is -0.496. The topological polar surface area (TPSA) is 97.5 Å². The zero-order valence-corrected chi connectivity index (χ0v) is 13.1. The molecule has 126 valence electrons. The minimum absolute atomic E-state index is 0.00545. The summed E-state index contributed by atoms with van der Waals surface area (Å²) in [6, 6.07) is 9.07. The second-order valence-corrected chi connectivity index (χ2v) is 5.27. The minimum Gasteiger partial charge on any atom is -0.317 e. The van der Waals surface area contributed by atoms with E-state index in [9.17, 15) is 19.7 Å². The molecule has 1 aromatic heterocycles. The van der Waals surface area contributed by atoms with Crippen LogP contribution in [0.4, 0.5) is 10.5 Å². The molecule has 8 nitrogen and oxygen atoms in total. The summed E-state index contributed by atoms with van der Waals surface area (Å²) in [5.74, 6) is -0.429. The molecule has 0 spiro atoms. The lowest BCUT2D eigenvalue weighted by atomic mass is 10.2. The van der Waals surface area contributed by atoms with E-state index in [0.29, 0.717) is 11.4 Å². The maximum atomic E-state index is 12.2. The van der Waals surface area contributed by atoms with Crippen LogP contribution in [0.15, 0.2) is 60.9 Å². The van der Waals surface area contributed by atoms with Crippen molar-refractivity contribution in [3.63, 3.8) is 0 Å². The monoisotopic (exact) mass is 338 g/mol. The lowest BCUT2D eigenvalue weighted by Gasteiger charge is -2.08. The van der Waals surface area contributed by atoms with Crippen molar-refractivity contribution in [2.24, 2.45) is 0 Å². The Morgan fingerprint density at radius 1 is 1.20 bits per heavy atom. The zero-order chi connectivity index (χ0) is 18.0. The Kier molecular flexibility index (Phi) is 4.17. The van der Waals surface area contributed by atoms with Gasteiger partial charge in [0.2, 0.25) is 0 Å². The van der Waals surface area contributed by atoms with Crippen molar-refractivity contribution in [2.45, 2.75) is 0 Å². The lowest BCUT2D eigenvalue weighted by Crippen LogP contribution is -2.30. The smallest absolute Gasteiger partial charge is 0.317 e. The Morgan fingerprint density at radius 3 is 2.56 bits per heavy atom. The first kappa shape index (κ1) is 16.2. The fraction of sp³-hybridized carbons (Fsp3) is 0.0588. The number of amides is 3. The molecule has 25 heavy (non-hydrogen) atoms. The van der Waals surface area contributed by atoms with Crippen LogP contribution in [0.2, 0.25) is 0 Å². The fourth-order valence-electron chi connectivity index (χ4n) is 2.50. The summed E-state index contributed by atoms with van der Waals surface area (Å²) in [5, 5.41) is 13.3. The summed E-state index contributed by atoms with van der Waals surface area (Å²) in [7, 11) is 0. The molecule has 1 N–H and O–H groups in total. The van der Waals surface area contributed by atoms with E-state index in [1.54, 1.807) is 41.1 Å². The van der Waals surface area contributed by atoms with Crippen molar-refractivity contribution in [3.8, 4) is 5.69 Å². The van der Waals surface area contributed by atoms with E-state index >= 15 is 0 Å². The van der Waals surface area contributed by atoms with Crippen LogP contribution in [0, 0.1) is 10.1 Å². The molecule has 0 aliphatic carbocycles. The molecule has 0 unspecified atom stereocenters. The number of hydrogen-bond donors (Lipinski definition) is 1. The van der Waals surface area contributed by atoms with E-state index in [1.165, 1.54) is 18.2 Å². The first-order valence-electron chi connectivity index (χ1n) is 7.39. The highest BCUT2D eigenvalue weighted by Gasteiger charge is 2.32. The number of non-ortho nitro benzene ring substituents is 1. The molecule has 1 aromatic carbocycles. The van der Waals surface area contributed by atoms with Crippen molar-refractivity contribution < 1.29 is 14.5 Å². The molecule has 0 radical (unpaired) electrons. The molecule has 2 aromatic rings. The van der Waals surface area contributed by atoms with Gasteiger partial charge in [-0.05, 0) is 30.3 Å². The molecule has 0 bridgehead atoms. The van der Waals surface area contributed by atoms with Crippen LogP contribution in [0.5, 0.6) is 0 Å². The normalized spacial score (nSPS) is 15.5. The van der Waals surface area contributed by atoms with Crippen LogP contribution < -0.4 is 5.32 Å². The van der Waals surface area contributed by atoms with Crippen LogP contribution in [0.3, 0.4) is 0 Å². The average Bonchev–Trinajstić information content (AvgIpc) is 3.16. The molecule has 1 aliphatic rings. The Hall–Kier alpha value is -3.68. The number of nitrogens with one attached hydrogen (secondary N) is 1. The third-order valence-electron chi connectivity index (χ3n) is 3.69. The van der Waals surface area contributed by atoms with E-state index in [-0.39, 0.29) is 17.9 Å². The summed E-state index contributed by atoms with van der Waals surface area (Å²) in [5.41, 5.74) is 1.50. The number of imide groups is 1. The SMILES string of the molecule is C=CCN1C(=O)N/C(=C/c2cccn2-c2ccc([N+](=O)[O-])cc2)C1=O. The van der Waals surface area contributed by atoms with Crippen LogP contribution in [-0.4, -0.2) is 32.9 Å². The quantitative estimate of drug-likeness (QED) is 0.298. The highest BCUT2D eigenvalue weighted by atomic mass is 16.6. The first-order chi connectivity index (χ1) is 12.0. The zero-order valence-electron chi connectivity index (χ0n) is 13.1. The molecule has 3 amide bonds. The van der Waals surface area contributed by atoms with E-state index in [0.717, 1.165) is 4.90 Å². The maximum absolute atomic E-state index is 12.2. The van der Waals surface area contributed by atoms with Gasteiger partial charge in [0.1, 0.15) is 5.70 Å². The first-order valence-corrected chi connectivity index (χ1v) is 7.39. The third kappa shape index (κ3) is 3.05. The highest BCUT2D eigenvalue weighted by Crippen LogP contribution is 2.20. The molecular formula is C17H14N4O4. The van der Waals surface area contributed by atoms with Crippen molar-refractivity contribution >= 4 is 23.7 Å². The molecule has 1 saturated heterocycles. The second-order valence-electron chi connectivity index (χ2n) is 5.27. The van der Waals surface area contributed by atoms with E-state index in [1.807, 2.05) is 0 Å². The number of nitro benzene ring substituents is 1. The van der Waals surface area contributed by atoms with Crippen molar-refractivity contribution in [2.75, 3.05) is 6.54 Å². The number of hydrogen-bond acceptors (Lipinski definition) is 4. The summed E-state index contributed by atoms with van der Waals surface area (Å²) >= 11 is 0. The molecule has 1 fully saturated rings. The van der Waals surface area contributed by atoms with Gasteiger partial charge in [0.25, 0.3) is 11.6 Å². The van der Waals surface area contributed by atoms with Crippen LogP contribution in [-0.2, 0) is 4.79 Å². The van der Waals surface area contributed by atoms with Gasteiger partial charge >= 0.3 is 6.03 Å². The second kappa shape index (κ2) is 6.44. The number of benzene rings is 1. The number of nitro groups is 1. The van der Waals surface area contributed by atoms with E-state index < -0.39 is 16.9 Å². The number of carbonyl (C=O) groups is 2. The lowest BCUT2D eigenvalue weighted by molar-refractivity contribution is -0.384. The molecule has 0 saturated carbocycles. The van der Waals surface area contributed by atoms with Gasteiger partial charge in [-0.15, -0.1) is 6.58 Å². The van der Waals surface area contributed by atoms with Crippen LogP contribution in [0.1, 0.15) is 5.69 Å². The van der Waals surface area contributed by atoms with Gasteiger partial charge in [-0.1, -0.05) is 6.08 Å². The molecule has 3 rings (SSSR count). The van der Waals surface area contributed by atoms with Gasteiger partial charge in [0, 0.05) is 36.3 Å². The molecule has 8 heteroatoms. The number of urea groups is 1. The summed E-state index contributed by atoms with van der Waals surface area (Å²) in [6.45, 7) is 3.65. The highest BCUT2D eigenvalue weighted by molar-refractivity contribution is 6.14. The Bertz CT molecular complexity index is 896. The number of rotatable bonds is 5.